The second-order valence-electron chi connectivity index (χ2n) is 3.04. The van der Waals surface area contributed by atoms with Crippen LogP contribution in [0.25, 0.3) is 0 Å². The van der Waals surface area contributed by atoms with E-state index in [2.05, 4.69) is 0 Å². The van der Waals surface area contributed by atoms with E-state index in [9.17, 15) is 4.79 Å². The maximum Gasteiger partial charge on any atom is 0.330 e. The van der Waals surface area contributed by atoms with Gasteiger partial charge in [-0.25, -0.2) is 4.79 Å². The Morgan fingerprint density at radius 2 is 2.12 bits per heavy atom. The molecule has 0 saturated carbocycles. The first-order chi connectivity index (χ1) is 8.13. The largest absolute Gasteiger partial charge is 0.489 e. The zero-order valence-electron chi connectivity index (χ0n) is 9.28. The molecule has 0 saturated heterocycles. The second-order valence-corrected chi connectivity index (χ2v) is 3.86. The Kier molecular flexibility index (Phi) is 5.87. The Balaban J connectivity index is 2.40. The van der Waals surface area contributed by atoms with Crippen molar-refractivity contribution in [1.29, 1.82) is 0 Å². The van der Waals surface area contributed by atoms with Crippen LogP contribution in [0, 0.1) is 0 Å². The topological polar surface area (TPSA) is 35.5 Å². The molecule has 92 valence electrons. The molecule has 0 spiro atoms. The van der Waals surface area contributed by atoms with Crippen LogP contribution < -0.4 is 4.74 Å². The number of benzene rings is 1. The average molecular weight is 275 g/mol. The Labute approximate surface area is 110 Å². The first-order valence-electron chi connectivity index (χ1n) is 5.04. The van der Waals surface area contributed by atoms with Gasteiger partial charge in [0.25, 0.3) is 0 Å². The molecule has 1 aromatic carbocycles. The van der Waals surface area contributed by atoms with E-state index in [0.717, 1.165) is 0 Å². The molecular weight excluding hydrogens is 263 g/mol. The van der Waals surface area contributed by atoms with Crippen LogP contribution in [-0.4, -0.2) is 19.2 Å². The van der Waals surface area contributed by atoms with Gasteiger partial charge in [0.05, 0.1) is 16.7 Å². The molecule has 0 N–H and O–H groups in total. The third-order valence-corrected chi connectivity index (χ3v) is 2.52. The van der Waals surface area contributed by atoms with E-state index in [1.807, 2.05) is 0 Å². The van der Waals surface area contributed by atoms with Crippen molar-refractivity contribution in [3.05, 3.63) is 40.4 Å². The van der Waals surface area contributed by atoms with E-state index < -0.39 is 0 Å². The van der Waals surface area contributed by atoms with Crippen LogP contribution in [-0.2, 0) is 9.53 Å². The minimum Gasteiger partial charge on any atom is -0.489 e. The molecule has 1 rings (SSSR count). The van der Waals surface area contributed by atoms with Crippen molar-refractivity contribution in [3.8, 4) is 5.75 Å². The Bertz CT molecular complexity index is 416. The van der Waals surface area contributed by atoms with Crippen LogP contribution in [0.5, 0.6) is 5.75 Å². The van der Waals surface area contributed by atoms with Crippen molar-refractivity contribution in [2.24, 2.45) is 0 Å². The third kappa shape index (κ3) is 5.11. The van der Waals surface area contributed by atoms with Gasteiger partial charge in [0.2, 0.25) is 0 Å². The lowest BCUT2D eigenvalue weighted by molar-refractivity contribution is -0.137. The number of halogens is 2. The summed E-state index contributed by atoms with van der Waals surface area (Å²) >= 11 is 11.6. The summed E-state index contributed by atoms with van der Waals surface area (Å²) in [6, 6.07) is 4.96. The van der Waals surface area contributed by atoms with E-state index in [0.29, 0.717) is 22.4 Å². The lowest BCUT2D eigenvalue weighted by Crippen LogP contribution is -2.00. The first-order valence-corrected chi connectivity index (χ1v) is 5.80. The minimum atomic E-state index is -0.384. The normalized spacial score (nSPS) is 10.5. The van der Waals surface area contributed by atoms with E-state index in [4.69, 9.17) is 32.7 Å². The fourth-order valence-electron chi connectivity index (χ4n) is 1.05. The SMILES string of the molecule is CCOC(=O)/C=C/COc1ccc(Cl)c(Cl)c1. The van der Waals surface area contributed by atoms with Gasteiger partial charge in [0, 0.05) is 12.1 Å². The van der Waals surface area contributed by atoms with E-state index in [-0.39, 0.29) is 12.6 Å². The zero-order chi connectivity index (χ0) is 12.7. The van der Waals surface area contributed by atoms with Gasteiger partial charge >= 0.3 is 5.97 Å². The highest BCUT2D eigenvalue weighted by Crippen LogP contribution is 2.26. The van der Waals surface area contributed by atoms with Gasteiger partial charge in [0.15, 0.2) is 0 Å². The minimum absolute atomic E-state index is 0.261. The first kappa shape index (κ1) is 13.9. The van der Waals surface area contributed by atoms with Crippen molar-refractivity contribution < 1.29 is 14.3 Å². The monoisotopic (exact) mass is 274 g/mol. The van der Waals surface area contributed by atoms with E-state index in [1.165, 1.54) is 6.08 Å². The molecule has 0 aliphatic heterocycles. The number of hydrogen-bond donors (Lipinski definition) is 0. The van der Waals surface area contributed by atoms with Crippen molar-refractivity contribution >= 4 is 29.2 Å². The highest BCUT2D eigenvalue weighted by atomic mass is 35.5. The van der Waals surface area contributed by atoms with Crippen molar-refractivity contribution in [3.63, 3.8) is 0 Å². The summed E-state index contributed by atoms with van der Waals surface area (Å²) in [5, 5.41) is 0.902. The molecule has 0 fully saturated rings. The van der Waals surface area contributed by atoms with Gasteiger partial charge < -0.3 is 9.47 Å². The summed E-state index contributed by atoms with van der Waals surface area (Å²) in [4.78, 5) is 11.0. The molecule has 1 aromatic rings. The van der Waals surface area contributed by atoms with Gasteiger partial charge in [-0.3, -0.25) is 0 Å². The standard InChI is InChI=1S/C12H12Cl2O3/c1-2-16-12(15)4-3-7-17-9-5-6-10(13)11(14)8-9/h3-6,8H,2,7H2,1H3/b4-3+. The highest BCUT2D eigenvalue weighted by Gasteiger charge is 1.99. The zero-order valence-corrected chi connectivity index (χ0v) is 10.8. The van der Waals surface area contributed by atoms with E-state index in [1.54, 1.807) is 31.2 Å². The van der Waals surface area contributed by atoms with Crippen LogP contribution in [0.2, 0.25) is 10.0 Å². The predicted molar refractivity (Wildman–Crippen MR) is 67.7 cm³/mol. The Morgan fingerprint density at radius 1 is 1.35 bits per heavy atom. The van der Waals surface area contributed by atoms with Crippen molar-refractivity contribution in [2.75, 3.05) is 13.2 Å². The smallest absolute Gasteiger partial charge is 0.330 e. The predicted octanol–water partition coefficient (Wildman–Crippen LogP) is 3.49. The molecule has 5 heteroatoms. The lowest BCUT2D eigenvalue weighted by atomic mass is 10.3. The number of rotatable bonds is 5. The lowest BCUT2D eigenvalue weighted by Gasteiger charge is -2.04. The van der Waals surface area contributed by atoms with Gasteiger partial charge in [-0.15, -0.1) is 0 Å². The molecule has 17 heavy (non-hydrogen) atoms. The maximum atomic E-state index is 11.0. The summed E-state index contributed by atoms with van der Waals surface area (Å²) in [5.41, 5.74) is 0. The highest BCUT2D eigenvalue weighted by molar-refractivity contribution is 6.42. The maximum absolute atomic E-state index is 11.0. The number of esters is 1. The molecule has 0 aromatic heterocycles. The summed E-state index contributed by atoms with van der Waals surface area (Å²) in [5.74, 6) is 0.207. The Hall–Kier alpha value is -1.19. The summed E-state index contributed by atoms with van der Waals surface area (Å²) < 4.78 is 10.0. The number of ether oxygens (including phenoxy) is 2. The number of carbonyl (C=O) groups excluding carboxylic acids is 1. The number of carbonyl (C=O) groups is 1. The van der Waals surface area contributed by atoms with Crippen LogP contribution in [0.1, 0.15) is 6.92 Å². The molecule has 0 radical (unpaired) electrons. The van der Waals surface area contributed by atoms with Gasteiger partial charge in [-0.1, -0.05) is 23.2 Å². The summed E-state index contributed by atoms with van der Waals surface area (Å²) in [6.45, 7) is 2.37. The van der Waals surface area contributed by atoms with Crippen molar-refractivity contribution in [2.45, 2.75) is 6.92 Å². The Morgan fingerprint density at radius 3 is 2.76 bits per heavy atom. The summed E-state index contributed by atoms with van der Waals surface area (Å²) in [6.07, 6.45) is 2.89. The molecule has 0 atom stereocenters. The molecule has 0 unspecified atom stereocenters. The molecule has 0 heterocycles. The fraction of sp³-hybridized carbons (Fsp3) is 0.250. The van der Waals surface area contributed by atoms with Crippen molar-refractivity contribution in [1.82, 2.24) is 0 Å². The third-order valence-electron chi connectivity index (χ3n) is 1.78. The van der Waals surface area contributed by atoms with Gasteiger partial charge in [-0.2, -0.15) is 0 Å². The average Bonchev–Trinajstić information content (AvgIpc) is 2.29. The van der Waals surface area contributed by atoms with Crippen LogP contribution >= 0.6 is 23.2 Å². The number of hydrogen-bond acceptors (Lipinski definition) is 3. The van der Waals surface area contributed by atoms with Crippen LogP contribution in [0.3, 0.4) is 0 Å². The van der Waals surface area contributed by atoms with Crippen LogP contribution in [0.4, 0.5) is 0 Å². The van der Waals surface area contributed by atoms with Gasteiger partial charge in [0.1, 0.15) is 12.4 Å². The van der Waals surface area contributed by atoms with Crippen LogP contribution in [0.15, 0.2) is 30.4 Å². The second kappa shape index (κ2) is 7.20. The van der Waals surface area contributed by atoms with E-state index >= 15 is 0 Å². The molecule has 0 amide bonds. The fourth-order valence-corrected chi connectivity index (χ4v) is 1.33. The quantitative estimate of drug-likeness (QED) is 0.609. The van der Waals surface area contributed by atoms with Gasteiger partial charge in [-0.05, 0) is 25.1 Å². The molecule has 0 aliphatic rings. The summed E-state index contributed by atoms with van der Waals surface area (Å²) in [7, 11) is 0. The molecule has 0 aliphatic carbocycles. The molecular formula is C12H12Cl2O3. The molecule has 0 bridgehead atoms. The molecule has 3 nitrogen and oxygen atoms in total.